The van der Waals surface area contributed by atoms with Gasteiger partial charge in [-0.1, -0.05) is 0 Å². The predicted octanol–water partition coefficient (Wildman–Crippen LogP) is 3.24. The normalized spacial score (nSPS) is 12.8. The fraction of sp³-hybridized carbons (Fsp3) is 0.235. The first kappa shape index (κ1) is 16.9. The fourth-order valence-corrected chi connectivity index (χ4v) is 2.21. The largest absolute Gasteiger partial charge is 0.492 e. The summed E-state index contributed by atoms with van der Waals surface area (Å²) in [5.41, 5.74) is -0.647. The summed E-state index contributed by atoms with van der Waals surface area (Å²) in [6.45, 7) is 0.572. The number of rotatable bonds is 5. The molecule has 0 spiro atoms. The van der Waals surface area contributed by atoms with Crippen LogP contribution in [0.2, 0.25) is 0 Å². The third-order valence-corrected chi connectivity index (χ3v) is 3.47. The van der Waals surface area contributed by atoms with Crippen molar-refractivity contribution < 1.29 is 32.2 Å². The van der Waals surface area contributed by atoms with Gasteiger partial charge in [-0.25, -0.2) is 0 Å². The number of nitrogens with one attached hydrogen (secondary N) is 1. The quantitative estimate of drug-likeness (QED) is 0.839. The number of amides is 1. The van der Waals surface area contributed by atoms with Gasteiger partial charge < -0.3 is 19.5 Å². The average Bonchev–Trinajstić information content (AvgIpc) is 3.05. The Balaban J connectivity index is 1.46. The smallest absolute Gasteiger partial charge is 0.416 e. The van der Waals surface area contributed by atoms with Crippen LogP contribution in [0.15, 0.2) is 42.5 Å². The van der Waals surface area contributed by atoms with Crippen LogP contribution in [0.25, 0.3) is 0 Å². The molecule has 1 aliphatic rings. The molecule has 0 bridgehead atoms. The van der Waals surface area contributed by atoms with Gasteiger partial charge in [0, 0.05) is 11.6 Å². The lowest BCUT2D eigenvalue weighted by Crippen LogP contribution is -2.28. The summed E-state index contributed by atoms with van der Waals surface area (Å²) < 4.78 is 53.3. The maximum atomic E-state index is 12.5. The van der Waals surface area contributed by atoms with Gasteiger partial charge in [0.05, 0.1) is 12.1 Å². The third-order valence-electron chi connectivity index (χ3n) is 3.47. The number of carbonyl (C=O) groups is 1. The second-order valence-corrected chi connectivity index (χ2v) is 5.19. The van der Waals surface area contributed by atoms with Crippen molar-refractivity contribution >= 4 is 5.91 Å². The van der Waals surface area contributed by atoms with E-state index < -0.39 is 17.6 Å². The Kier molecular flexibility index (Phi) is 4.69. The van der Waals surface area contributed by atoms with E-state index in [2.05, 4.69) is 5.32 Å². The van der Waals surface area contributed by atoms with Crippen molar-refractivity contribution in [1.29, 1.82) is 0 Å². The molecular weight excluding hydrogens is 339 g/mol. The zero-order valence-electron chi connectivity index (χ0n) is 12.9. The molecule has 5 nitrogen and oxygen atoms in total. The minimum Gasteiger partial charge on any atom is -0.492 e. The van der Waals surface area contributed by atoms with Crippen molar-refractivity contribution in [2.75, 3.05) is 19.9 Å². The molecule has 0 fully saturated rings. The SMILES string of the molecule is O=C(NCCOc1ccc2c(c1)OCO2)c1ccc(C(F)(F)F)cc1. The molecule has 132 valence electrons. The number of carbonyl (C=O) groups excluding carboxylic acids is 1. The van der Waals surface area contributed by atoms with Crippen molar-refractivity contribution in [3.8, 4) is 17.2 Å². The fourth-order valence-electron chi connectivity index (χ4n) is 2.21. The molecule has 2 aromatic rings. The maximum absolute atomic E-state index is 12.5. The molecule has 2 aromatic carbocycles. The first-order valence-electron chi connectivity index (χ1n) is 7.41. The zero-order chi connectivity index (χ0) is 17.9. The molecule has 8 heteroatoms. The number of benzene rings is 2. The summed E-state index contributed by atoms with van der Waals surface area (Å²) >= 11 is 0. The topological polar surface area (TPSA) is 56.8 Å². The van der Waals surface area contributed by atoms with Gasteiger partial charge in [-0.15, -0.1) is 0 Å². The van der Waals surface area contributed by atoms with Gasteiger partial charge in [0.15, 0.2) is 11.5 Å². The number of fused-ring (bicyclic) bond motifs is 1. The number of halogens is 3. The summed E-state index contributed by atoms with van der Waals surface area (Å²) in [5, 5.41) is 2.58. The van der Waals surface area contributed by atoms with Gasteiger partial charge in [0.2, 0.25) is 6.79 Å². The number of hydrogen-bond acceptors (Lipinski definition) is 4. The lowest BCUT2D eigenvalue weighted by Gasteiger charge is -2.09. The maximum Gasteiger partial charge on any atom is 0.416 e. The highest BCUT2D eigenvalue weighted by Gasteiger charge is 2.30. The van der Waals surface area contributed by atoms with Crippen LogP contribution < -0.4 is 19.5 Å². The van der Waals surface area contributed by atoms with E-state index in [1.807, 2.05) is 0 Å². The molecule has 1 amide bonds. The molecule has 0 saturated heterocycles. The standard InChI is InChI=1S/C17H14F3NO4/c18-17(19,20)12-3-1-11(2-4-12)16(22)21-7-8-23-13-5-6-14-15(9-13)25-10-24-14/h1-6,9H,7-8,10H2,(H,21,22). The van der Waals surface area contributed by atoms with Crippen molar-refractivity contribution in [3.63, 3.8) is 0 Å². The first-order valence-corrected chi connectivity index (χ1v) is 7.41. The van der Waals surface area contributed by atoms with E-state index in [0.717, 1.165) is 24.3 Å². The Morgan fingerprint density at radius 1 is 1.08 bits per heavy atom. The van der Waals surface area contributed by atoms with E-state index in [4.69, 9.17) is 14.2 Å². The highest BCUT2D eigenvalue weighted by Crippen LogP contribution is 2.35. The van der Waals surface area contributed by atoms with E-state index in [1.165, 1.54) is 0 Å². The second kappa shape index (κ2) is 6.92. The Hall–Kier alpha value is -2.90. The van der Waals surface area contributed by atoms with E-state index in [1.54, 1.807) is 18.2 Å². The van der Waals surface area contributed by atoms with Crippen molar-refractivity contribution in [1.82, 2.24) is 5.32 Å². The Morgan fingerprint density at radius 3 is 2.52 bits per heavy atom. The first-order chi connectivity index (χ1) is 11.9. The highest BCUT2D eigenvalue weighted by molar-refractivity contribution is 5.94. The van der Waals surface area contributed by atoms with E-state index in [9.17, 15) is 18.0 Å². The van der Waals surface area contributed by atoms with Crippen LogP contribution in [-0.2, 0) is 6.18 Å². The van der Waals surface area contributed by atoms with Gasteiger partial charge in [0.25, 0.3) is 5.91 Å². The molecule has 0 unspecified atom stereocenters. The summed E-state index contributed by atoms with van der Waals surface area (Å²) in [6.07, 6.45) is -4.42. The molecular formula is C17H14F3NO4. The molecule has 0 radical (unpaired) electrons. The van der Waals surface area contributed by atoms with E-state index in [-0.39, 0.29) is 25.5 Å². The minimum absolute atomic E-state index is 0.149. The summed E-state index contributed by atoms with van der Waals surface area (Å²) in [7, 11) is 0. The van der Waals surface area contributed by atoms with Gasteiger partial charge in [0.1, 0.15) is 12.4 Å². The highest BCUT2D eigenvalue weighted by atomic mass is 19.4. The van der Waals surface area contributed by atoms with Gasteiger partial charge in [-0.2, -0.15) is 13.2 Å². The van der Waals surface area contributed by atoms with Crippen LogP contribution in [-0.4, -0.2) is 25.9 Å². The summed E-state index contributed by atoms with van der Waals surface area (Å²) in [4.78, 5) is 11.9. The van der Waals surface area contributed by atoms with Crippen LogP contribution in [0, 0.1) is 0 Å². The minimum atomic E-state index is -4.42. The molecule has 0 aromatic heterocycles. The number of alkyl halides is 3. The Morgan fingerprint density at radius 2 is 1.80 bits per heavy atom. The summed E-state index contributed by atoms with van der Waals surface area (Å²) in [6, 6.07) is 9.13. The summed E-state index contributed by atoms with van der Waals surface area (Å²) in [5.74, 6) is 1.32. The molecule has 1 aliphatic heterocycles. The van der Waals surface area contributed by atoms with Crippen LogP contribution >= 0.6 is 0 Å². The lowest BCUT2D eigenvalue weighted by molar-refractivity contribution is -0.137. The van der Waals surface area contributed by atoms with Crippen molar-refractivity contribution in [2.45, 2.75) is 6.18 Å². The zero-order valence-corrected chi connectivity index (χ0v) is 12.9. The number of hydrogen-bond donors (Lipinski definition) is 1. The van der Waals surface area contributed by atoms with Crippen LogP contribution in [0.1, 0.15) is 15.9 Å². The molecule has 3 rings (SSSR count). The molecule has 1 heterocycles. The number of ether oxygens (including phenoxy) is 3. The molecule has 25 heavy (non-hydrogen) atoms. The molecule has 0 atom stereocenters. The van der Waals surface area contributed by atoms with Crippen LogP contribution in [0.4, 0.5) is 13.2 Å². The Bertz CT molecular complexity index is 759. The average molecular weight is 353 g/mol. The van der Waals surface area contributed by atoms with E-state index in [0.29, 0.717) is 17.2 Å². The lowest BCUT2D eigenvalue weighted by atomic mass is 10.1. The van der Waals surface area contributed by atoms with Crippen molar-refractivity contribution in [3.05, 3.63) is 53.6 Å². The molecule has 0 saturated carbocycles. The molecule has 0 aliphatic carbocycles. The Labute approximate surface area is 141 Å². The van der Waals surface area contributed by atoms with Gasteiger partial charge >= 0.3 is 6.18 Å². The predicted molar refractivity (Wildman–Crippen MR) is 81.8 cm³/mol. The van der Waals surface area contributed by atoms with Crippen molar-refractivity contribution in [2.24, 2.45) is 0 Å². The molecule has 1 N–H and O–H groups in total. The van der Waals surface area contributed by atoms with Crippen LogP contribution in [0.5, 0.6) is 17.2 Å². The second-order valence-electron chi connectivity index (χ2n) is 5.19. The van der Waals surface area contributed by atoms with Crippen LogP contribution in [0.3, 0.4) is 0 Å². The van der Waals surface area contributed by atoms with Gasteiger partial charge in [-0.05, 0) is 36.4 Å². The third kappa shape index (κ3) is 4.14. The van der Waals surface area contributed by atoms with Gasteiger partial charge in [-0.3, -0.25) is 4.79 Å². The van der Waals surface area contributed by atoms with E-state index >= 15 is 0 Å². The monoisotopic (exact) mass is 353 g/mol.